The van der Waals surface area contributed by atoms with E-state index in [0.717, 1.165) is 44.6 Å². The van der Waals surface area contributed by atoms with E-state index >= 15 is 0 Å². The molecule has 0 spiro atoms. The lowest BCUT2D eigenvalue weighted by atomic mass is 9.96. The van der Waals surface area contributed by atoms with Gasteiger partial charge in [0.15, 0.2) is 0 Å². The molecule has 7 heteroatoms. The fourth-order valence-electron chi connectivity index (χ4n) is 3.58. The number of rotatable bonds is 7. The Kier molecular flexibility index (Phi) is 5.71. The van der Waals surface area contributed by atoms with E-state index in [-0.39, 0.29) is 17.9 Å². The van der Waals surface area contributed by atoms with Gasteiger partial charge >= 0.3 is 0 Å². The van der Waals surface area contributed by atoms with Gasteiger partial charge in [0.25, 0.3) is 0 Å². The monoisotopic (exact) mass is 347 g/mol. The molecule has 1 aromatic rings. The van der Waals surface area contributed by atoms with Gasteiger partial charge in [-0.05, 0) is 38.0 Å². The molecule has 0 bridgehead atoms. The number of carbonyl (C=O) groups excluding carboxylic acids is 2. The van der Waals surface area contributed by atoms with Crippen molar-refractivity contribution in [1.29, 1.82) is 0 Å². The number of aromatic nitrogens is 3. The number of hydrogen-bond acceptors (Lipinski definition) is 4. The molecular formula is C18H29N5O2. The predicted molar refractivity (Wildman–Crippen MR) is 93.8 cm³/mol. The Morgan fingerprint density at radius 1 is 1.28 bits per heavy atom. The van der Waals surface area contributed by atoms with E-state index in [1.807, 2.05) is 16.5 Å². The summed E-state index contributed by atoms with van der Waals surface area (Å²) in [6.45, 7) is 5.89. The summed E-state index contributed by atoms with van der Waals surface area (Å²) in [6, 6.07) is -0.379. The van der Waals surface area contributed by atoms with E-state index in [9.17, 15) is 9.59 Å². The molecule has 1 saturated heterocycles. The Bertz CT molecular complexity index is 602. The van der Waals surface area contributed by atoms with Crippen LogP contribution < -0.4 is 5.32 Å². The molecule has 25 heavy (non-hydrogen) atoms. The van der Waals surface area contributed by atoms with Crippen LogP contribution >= 0.6 is 0 Å². The van der Waals surface area contributed by atoms with Crippen LogP contribution in [-0.4, -0.2) is 50.8 Å². The quantitative estimate of drug-likeness (QED) is 0.814. The van der Waals surface area contributed by atoms with Crippen LogP contribution in [0.15, 0.2) is 6.20 Å². The summed E-state index contributed by atoms with van der Waals surface area (Å²) >= 11 is 0. The fraction of sp³-hybridized carbons (Fsp3) is 0.778. The predicted octanol–water partition coefficient (Wildman–Crippen LogP) is 1.70. The first kappa shape index (κ1) is 17.9. The second kappa shape index (κ2) is 7.97. The van der Waals surface area contributed by atoms with Crippen LogP contribution in [-0.2, 0) is 16.1 Å². The molecule has 1 aliphatic carbocycles. The van der Waals surface area contributed by atoms with E-state index in [0.29, 0.717) is 18.3 Å². The third kappa shape index (κ3) is 4.80. The van der Waals surface area contributed by atoms with Gasteiger partial charge in [0.1, 0.15) is 6.04 Å². The lowest BCUT2D eigenvalue weighted by molar-refractivity contribution is -0.137. The summed E-state index contributed by atoms with van der Waals surface area (Å²) < 4.78 is 1.97. The molecule has 2 fully saturated rings. The van der Waals surface area contributed by atoms with Crippen LogP contribution in [0.1, 0.15) is 64.0 Å². The Hall–Kier alpha value is -1.92. The maximum atomic E-state index is 12.7. The molecule has 0 unspecified atom stereocenters. The SMILES string of the molecule is CCC[C@H](NC(C)=O)C(=O)N1CCC(Cn2cc(C3CC3)nn2)CC1. The molecule has 2 heterocycles. The summed E-state index contributed by atoms with van der Waals surface area (Å²) in [5, 5.41) is 11.3. The lowest BCUT2D eigenvalue weighted by Crippen LogP contribution is -2.50. The average Bonchev–Trinajstić information content (AvgIpc) is 3.34. The average molecular weight is 347 g/mol. The minimum absolute atomic E-state index is 0.0623. The maximum absolute atomic E-state index is 12.7. The van der Waals surface area contributed by atoms with Gasteiger partial charge < -0.3 is 10.2 Å². The highest BCUT2D eigenvalue weighted by atomic mass is 16.2. The summed E-state index contributed by atoms with van der Waals surface area (Å²) in [6.07, 6.45) is 8.10. The minimum atomic E-state index is -0.379. The van der Waals surface area contributed by atoms with Crippen molar-refractivity contribution in [2.75, 3.05) is 13.1 Å². The van der Waals surface area contributed by atoms with Crippen LogP contribution in [0.4, 0.5) is 0 Å². The second-order valence-electron chi connectivity index (χ2n) is 7.45. The van der Waals surface area contributed by atoms with Crippen molar-refractivity contribution in [2.45, 2.75) is 70.9 Å². The van der Waals surface area contributed by atoms with E-state index in [2.05, 4.69) is 21.8 Å². The normalized spacial score (nSPS) is 19.7. The topological polar surface area (TPSA) is 80.1 Å². The van der Waals surface area contributed by atoms with Gasteiger partial charge in [-0.2, -0.15) is 0 Å². The first-order chi connectivity index (χ1) is 12.1. The van der Waals surface area contributed by atoms with Gasteiger partial charge in [0.05, 0.1) is 5.69 Å². The molecule has 138 valence electrons. The summed E-state index contributed by atoms with van der Waals surface area (Å²) in [4.78, 5) is 25.9. The molecule has 7 nitrogen and oxygen atoms in total. The maximum Gasteiger partial charge on any atom is 0.245 e. The zero-order chi connectivity index (χ0) is 17.8. The number of hydrogen-bond donors (Lipinski definition) is 1. The molecule has 3 rings (SSSR count). The number of carbonyl (C=O) groups is 2. The molecule has 0 radical (unpaired) electrons. The van der Waals surface area contributed by atoms with Crippen molar-refractivity contribution < 1.29 is 9.59 Å². The minimum Gasteiger partial charge on any atom is -0.345 e. The standard InChI is InChI=1S/C18H29N5O2/c1-3-4-16(19-13(2)24)18(25)22-9-7-14(8-10-22)11-23-12-17(20-21-23)15-5-6-15/h12,14-16H,3-11H2,1-2H3,(H,19,24)/t16-/m0/s1. The van der Waals surface area contributed by atoms with E-state index in [1.165, 1.54) is 19.8 Å². The molecule has 2 amide bonds. The molecule has 1 atom stereocenters. The van der Waals surface area contributed by atoms with Crippen molar-refractivity contribution in [2.24, 2.45) is 5.92 Å². The third-order valence-electron chi connectivity index (χ3n) is 5.18. The Morgan fingerprint density at radius 3 is 2.60 bits per heavy atom. The van der Waals surface area contributed by atoms with Crippen molar-refractivity contribution >= 4 is 11.8 Å². The van der Waals surface area contributed by atoms with E-state index in [1.54, 1.807) is 0 Å². The van der Waals surface area contributed by atoms with Crippen LogP contribution in [0.25, 0.3) is 0 Å². The highest BCUT2D eigenvalue weighted by Gasteiger charge is 2.29. The lowest BCUT2D eigenvalue weighted by Gasteiger charge is -2.34. The Balaban J connectivity index is 1.48. The van der Waals surface area contributed by atoms with E-state index in [4.69, 9.17) is 0 Å². The van der Waals surface area contributed by atoms with Crippen molar-refractivity contribution in [1.82, 2.24) is 25.2 Å². The van der Waals surface area contributed by atoms with Crippen molar-refractivity contribution in [3.8, 4) is 0 Å². The number of amides is 2. The molecule has 1 aromatic heterocycles. The highest BCUT2D eigenvalue weighted by Crippen LogP contribution is 2.38. The molecule has 2 aliphatic rings. The second-order valence-corrected chi connectivity index (χ2v) is 7.45. The number of nitrogens with zero attached hydrogens (tertiary/aromatic N) is 4. The van der Waals surface area contributed by atoms with Crippen molar-refractivity contribution in [3.05, 3.63) is 11.9 Å². The van der Waals surface area contributed by atoms with Crippen molar-refractivity contribution in [3.63, 3.8) is 0 Å². The highest BCUT2D eigenvalue weighted by molar-refractivity contribution is 5.86. The summed E-state index contributed by atoms with van der Waals surface area (Å²) in [5.41, 5.74) is 1.13. The van der Waals surface area contributed by atoms with Crippen LogP contribution in [0, 0.1) is 5.92 Å². The summed E-state index contributed by atoms with van der Waals surface area (Å²) in [5.74, 6) is 1.09. The largest absolute Gasteiger partial charge is 0.345 e. The smallest absolute Gasteiger partial charge is 0.245 e. The zero-order valence-electron chi connectivity index (χ0n) is 15.3. The molecule has 1 saturated carbocycles. The molecule has 1 aliphatic heterocycles. The Labute approximate surface area is 149 Å². The van der Waals surface area contributed by atoms with Gasteiger partial charge in [-0.25, -0.2) is 0 Å². The van der Waals surface area contributed by atoms with Gasteiger partial charge in [-0.3, -0.25) is 14.3 Å². The van der Waals surface area contributed by atoms with Crippen LogP contribution in [0.2, 0.25) is 0 Å². The van der Waals surface area contributed by atoms with Crippen LogP contribution in [0.5, 0.6) is 0 Å². The molecular weight excluding hydrogens is 318 g/mol. The van der Waals surface area contributed by atoms with Crippen LogP contribution in [0.3, 0.4) is 0 Å². The molecule has 1 N–H and O–H groups in total. The number of likely N-dealkylation sites (tertiary alicyclic amines) is 1. The fourth-order valence-corrected chi connectivity index (χ4v) is 3.58. The van der Waals surface area contributed by atoms with Gasteiger partial charge in [-0.15, -0.1) is 5.10 Å². The molecule has 0 aromatic carbocycles. The number of piperidine rings is 1. The zero-order valence-corrected chi connectivity index (χ0v) is 15.3. The Morgan fingerprint density at radius 2 is 2.00 bits per heavy atom. The summed E-state index contributed by atoms with van der Waals surface area (Å²) in [7, 11) is 0. The number of nitrogens with one attached hydrogen (secondary N) is 1. The third-order valence-corrected chi connectivity index (χ3v) is 5.18. The van der Waals surface area contributed by atoms with Gasteiger partial charge in [-0.1, -0.05) is 18.6 Å². The van der Waals surface area contributed by atoms with E-state index < -0.39 is 0 Å². The van der Waals surface area contributed by atoms with Gasteiger partial charge in [0.2, 0.25) is 11.8 Å². The first-order valence-electron chi connectivity index (χ1n) is 9.52. The first-order valence-corrected chi connectivity index (χ1v) is 9.52. The van der Waals surface area contributed by atoms with Gasteiger partial charge in [0, 0.05) is 38.7 Å².